The summed E-state index contributed by atoms with van der Waals surface area (Å²) in [7, 11) is -9.68. The highest BCUT2D eigenvalue weighted by molar-refractivity contribution is 7.88. The average Bonchev–Trinajstić information content (AvgIpc) is 2.52. The van der Waals surface area contributed by atoms with Crippen LogP contribution in [0, 0.1) is 0 Å². The summed E-state index contributed by atoms with van der Waals surface area (Å²) in [6.07, 6.45) is 8.27. The van der Waals surface area contributed by atoms with Gasteiger partial charge in [0.1, 0.15) is 0 Å². The van der Waals surface area contributed by atoms with Crippen LogP contribution in [0.25, 0.3) is 0 Å². The van der Waals surface area contributed by atoms with E-state index in [1.54, 1.807) is 0 Å². The highest BCUT2D eigenvalue weighted by Crippen LogP contribution is 2.29. The molecular weight excluding hydrogens is 446 g/mol. The average molecular weight is 482 g/mol. The zero-order valence-corrected chi connectivity index (χ0v) is 18.8. The van der Waals surface area contributed by atoms with Crippen LogP contribution < -0.4 is 6.15 Å². The molecule has 0 saturated carbocycles. The summed E-state index contributed by atoms with van der Waals surface area (Å²) in [5.41, 5.74) is 0. The summed E-state index contributed by atoms with van der Waals surface area (Å²) < 4.78 is 61.0. The molecular formula is C16H35NO11S2. The monoisotopic (exact) mass is 481 g/mol. The van der Waals surface area contributed by atoms with Crippen LogP contribution in [-0.4, -0.2) is 57.4 Å². The first-order chi connectivity index (χ1) is 13.2. The largest absolute Gasteiger partial charge is 0.481 e. The molecule has 0 aliphatic heterocycles. The number of carboxylic acids is 2. The summed E-state index contributed by atoms with van der Waals surface area (Å²) >= 11 is 0. The van der Waals surface area contributed by atoms with Gasteiger partial charge in [-0.3, -0.25) is 23.2 Å². The first-order valence-electron chi connectivity index (χ1n) is 9.29. The van der Waals surface area contributed by atoms with Crippen LogP contribution in [0.5, 0.6) is 0 Å². The number of carbonyl (C=O) groups is 2. The molecule has 0 aliphatic carbocycles. The highest BCUT2D eigenvalue weighted by atomic mass is 32.3. The van der Waals surface area contributed by atoms with E-state index in [1.807, 2.05) is 0 Å². The van der Waals surface area contributed by atoms with Crippen molar-refractivity contribution in [2.24, 2.45) is 0 Å². The quantitative estimate of drug-likeness (QED) is 0.146. The molecule has 0 heterocycles. The molecule has 0 fully saturated rings. The van der Waals surface area contributed by atoms with Crippen LogP contribution in [0.3, 0.4) is 0 Å². The molecule has 0 radical (unpaired) electrons. The van der Waals surface area contributed by atoms with Crippen LogP contribution in [0.1, 0.15) is 84.0 Å². The summed E-state index contributed by atoms with van der Waals surface area (Å²) in [4.78, 5) is 22.1. The van der Waals surface area contributed by atoms with E-state index in [-0.39, 0.29) is 12.6 Å². The lowest BCUT2D eigenvalue weighted by atomic mass is 9.96. The number of aliphatic carboxylic acids is 2. The number of hydrogen-bond donors (Lipinski definition) is 6. The number of rotatable bonds is 15. The molecule has 14 heteroatoms. The van der Waals surface area contributed by atoms with Crippen LogP contribution >= 0.6 is 0 Å². The van der Waals surface area contributed by atoms with E-state index in [0.717, 1.165) is 25.7 Å². The highest BCUT2D eigenvalue weighted by Gasteiger charge is 2.51. The molecule has 0 aromatic rings. The van der Waals surface area contributed by atoms with E-state index in [0.29, 0.717) is 6.42 Å². The van der Waals surface area contributed by atoms with E-state index < -0.39 is 50.0 Å². The molecule has 0 aromatic heterocycles. The molecule has 0 amide bonds. The Morgan fingerprint density at radius 2 is 1.07 bits per heavy atom. The summed E-state index contributed by atoms with van der Waals surface area (Å²) in [5, 5.41) is 17.9. The minimum absolute atomic E-state index is 0. The topological polar surface area (TPSA) is 239 Å². The predicted octanol–water partition coefficient (Wildman–Crippen LogP) is 2.99. The minimum Gasteiger partial charge on any atom is -0.481 e. The van der Waals surface area contributed by atoms with Gasteiger partial charge in [-0.1, -0.05) is 71.1 Å². The van der Waals surface area contributed by atoms with E-state index in [2.05, 4.69) is 6.92 Å². The van der Waals surface area contributed by atoms with E-state index in [9.17, 15) is 22.6 Å². The van der Waals surface area contributed by atoms with Crippen LogP contribution in [-0.2, 0) is 30.1 Å². The molecule has 0 saturated heterocycles. The molecule has 30 heavy (non-hydrogen) atoms. The fourth-order valence-electron chi connectivity index (χ4n) is 2.74. The van der Waals surface area contributed by atoms with Gasteiger partial charge in [0.05, 0.1) is 6.42 Å². The molecule has 1 unspecified atom stereocenters. The molecule has 0 aromatic carbocycles. The molecule has 0 rings (SSSR count). The second-order valence-electron chi connectivity index (χ2n) is 6.72. The molecule has 8 N–H and O–H groups in total. The third-order valence-electron chi connectivity index (χ3n) is 4.25. The van der Waals surface area contributed by atoms with Crippen molar-refractivity contribution in [1.82, 2.24) is 6.15 Å². The van der Waals surface area contributed by atoms with E-state index in [1.165, 1.54) is 25.7 Å². The number of unbranched alkanes of at least 4 members (excludes halogenated alkanes) is 9. The van der Waals surface area contributed by atoms with Crippen molar-refractivity contribution in [2.45, 2.75) is 88.7 Å². The van der Waals surface area contributed by atoms with Gasteiger partial charge in [-0.25, -0.2) is 0 Å². The van der Waals surface area contributed by atoms with Gasteiger partial charge in [0.2, 0.25) is 4.75 Å². The lowest BCUT2D eigenvalue weighted by Gasteiger charge is -2.24. The summed E-state index contributed by atoms with van der Waals surface area (Å²) in [6.45, 7) is 2.16. The van der Waals surface area contributed by atoms with Gasteiger partial charge >= 0.3 is 22.3 Å². The smallest absolute Gasteiger partial charge is 0.394 e. The van der Waals surface area contributed by atoms with Gasteiger partial charge in [-0.15, -0.1) is 0 Å². The van der Waals surface area contributed by atoms with Crippen molar-refractivity contribution in [3.63, 3.8) is 0 Å². The number of hydrogen-bond acceptors (Lipinski definition) is 7. The lowest BCUT2D eigenvalue weighted by Crippen LogP contribution is -2.48. The van der Waals surface area contributed by atoms with Crippen molar-refractivity contribution < 1.29 is 50.3 Å². The lowest BCUT2D eigenvalue weighted by molar-refractivity contribution is -0.147. The number of carboxylic acid groups (broad SMARTS) is 2. The standard InChI is InChI=1S/C16H30O7S.H3N.H2O4S/c1-2-3-4-5-6-7-8-9-10-11-12-16(15(19)20,13-14(17)18)24(21,22)23;;1-5(2,3)4/h2-13H2,1H3,(H,17,18)(H,19,20)(H,21,22,23);1H3;(H2,1,2,3,4). The predicted molar refractivity (Wildman–Crippen MR) is 110 cm³/mol. The third kappa shape index (κ3) is 17.5. The Balaban J connectivity index is -0.00000108. The Morgan fingerprint density at radius 1 is 0.733 bits per heavy atom. The van der Waals surface area contributed by atoms with Crippen molar-refractivity contribution >= 4 is 32.5 Å². The van der Waals surface area contributed by atoms with E-state index in [4.69, 9.17) is 27.7 Å². The first-order valence-corrected chi connectivity index (χ1v) is 12.1. The van der Waals surface area contributed by atoms with Crippen molar-refractivity contribution in [3.05, 3.63) is 0 Å². The normalized spacial score (nSPS) is 13.3. The Bertz CT molecular complexity index is 684. The fraction of sp³-hybridized carbons (Fsp3) is 0.875. The Morgan fingerprint density at radius 3 is 1.33 bits per heavy atom. The Kier molecular flexibility index (Phi) is 18.2. The van der Waals surface area contributed by atoms with Crippen molar-refractivity contribution in [3.8, 4) is 0 Å². The Labute approximate surface area is 178 Å². The maximum atomic E-state index is 11.4. The second-order valence-corrected chi connectivity index (χ2v) is 9.35. The summed E-state index contributed by atoms with van der Waals surface area (Å²) in [5.74, 6) is -3.38. The van der Waals surface area contributed by atoms with Crippen LogP contribution in [0.2, 0.25) is 0 Å². The van der Waals surface area contributed by atoms with E-state index >= 15 is 0 Å². The van der Waals surface area contributed by atoms with Crippen LogP contribution in [0.15, 0.2) is 0 Å². The van der Waals surface area contributed by atoms with Gasteiger partial charge < -0.3 is 16.4 Å². The molecule has 182 valence electrons. The minimum atomic E-state index is -5.01. The van der Waals surface area contributed by atoms with Crippen molar-refractivity contribution in [2.75, 3.05) is 0 Å². The third-order valence-corrected chi connectivity index (χ3v) is 5.77. The van der Waals surface area contributed by atoms with Crippen LogP contribution in [0.4, 0.5) is 0 Å². The molecule has 1 atom stereocenters. The van der Waals surface area contributed by atoms with Crippen molar-refractivity contribution in [1.29, 1.82) is 0 Å². The van der Waals surface area contributed by atoms with Gasteiger partial charge in [0, 0.05) is 0 Å². The zero-order chi connectivity index (χ0) is 23.1. The Hall–Kier alpha value is -1.32. The summed E-state index contributed by atoms with van der Waals surface area (Å²) in [6, 6.07) is 0. The zero-order valence-electron chi connectivity index (χ0n) is 17.2. The fourth-order valence-corrected chi connectivity index (χ4v) is 3.67. The van der Waals surface area contributed by atoms with Gasteiger partial charge in [-0.05, 0) is 6.42 Å². The maximum Gasteiger partial charge on any atom is 0.394 e. The van der Waals surface area contributed by atoms with Gasteiger partial charge in [0.25, 0.3) is 10.1 Å². The second kappa shape index (κ2) is 16.4. The first kappa shape index (κ1) is 33.3. The molecule has 0 aliphatic rings. The SMILES string of the molecule is CCCCCCCCCCCCC(CC(=O)O)(C(=O)O)S(=O)(=O)O.N.O=S(=O)(O)O. The molecule has 12 nitrogen and oxygen atoms in total. The van der Waals surface area contributed by atoms with Gasteiger partial charge in [0.15, 0.2) is 0 Å². The molecule has 0 bridgehead atoms. The molecule has 0 spiro atoms. The maximum absolute atomic E-state index is 11.4. The van der Waals surface area contributed by atoms with Gasteiger partial charge in [-0.2, -0.15) is 16.8 Å².